The highest BCUT2D eigenvalue weighted by Crippen LogP contribution is 2.28. The third-order valence-electron chi connectivity index (χ3n) is 3.28. The first-order chi connectivity index (χ1) is 7.01. The van der Waals surface area contributed by atoms with Crippen molar-refractivity contribution in [3.63, 3.8) is 0 Å². The molecule has 0 aliphatic carbocycles. The first-order valence-electron chi connectivity index (χ1n) is 6.06. The highest BCUT2D eigenvalue weighted by molar-refractivity contribution is 5.14. The van der Waals surface area contributed by atoms with Crippen molar-refractivity contribution in [2.24, 2.45) is 0 Å². The van der Waals surface area contributed by atoms with E-state index in [0.717, 1.165) is 12.2 Å². The number of aromatic nitrogens is 2. The van der Waals surface area contributed by atoms with Crippen molar-refractivity contribution in [2.45, 2.75) is 65.2 Å². The lowest BCUT2D eigenvalue weighted by molar-refractivity contribution is 0.460. The number of imidazole rings is 1. The van der Waals surface area contributed by atoms with Crippen LogP contribution < -0.4 is 0 Å². The van der Waals surface area contributed by atoms with E-state index in [0.29, 0.717) is 5.92 Å². The van der Waals surface area contributed by atoms with Crippen molar-refractivity contribution in [3.8, 4) is 0 Å². The van der Waals surface area contributed by atoms with Crippen LogP contribution in [-0.2, 0) is 5.41 Å². The predicted octanol–water partition coefficient (Wildman–Crippen LogP) is 4.00. The number of rotatable bonds is 5. The standard InChI is InChI=1S/C13H24N2/c1-6-8-13(4,5)11-9-14-12(15-11)10(3)7-2/h9-10H,6-8H2,1-5H3,(H,14,15). The van der Waals surface area contributed by atoms with Gasteiger partial charge in [-0.15, -0.1) is 0 Å². The molecule has 1 aromatic heterocycles. The molecule has 1 aromatic rings. The normalized spacial score (nSPS) is 14.2. The Morgan fingerprint density at radius 3 is 2.60 bits per heavy atom. The SMILES string of the molecule is CCCC(C)(C)c1cnc(C(C)CC)[nH]1. The Balaban J connectivity index is 2.83. The zero-order valence-corrected chi connectivity index (χ0v) is 10.7. The van der Waals surface area contributed by atoms with Crippen LogP contribution >= 0.6 is 0 Å². The summed E-state index contributed by atoms with van der Waals surface area (Å²) in [6.45, 7) is 11.2. The minimum atomic E-state index is 0.230. The molecule has 0 aromatic carbocycles. The topological polar surface area (TPSA) is 28.7 Å². The molecule has 1 unspecified atom stereocenters. The van der Waals surface area contributed by atoms with Crippen molar-refractivity contribution < 1.29 is 0 Å². The van der Waals surface area contributed by atoms with Gasteiger partial charge in [0.05, 0.1) is 0 Å². The van der Waals surface area contributed by atoms with Crippen LogP contribution in [0.15, 0.2) is 6.20 Å². The summed E-state index contributed by atoms with van der Waals surface area (Å²) >= 11 is 0. The molecule has 15 heavy (non-hydrogen) atoms. The highest BCUT2D eigenvalue weighted by Gasteiger charge is 2.22. The van der Waals surface area contributed by atoms with Crippen molar-refractivity contribution in [3.05, 3.63) is 17.7 Å². The van der Waals surface area contributed by atoms with E-state index >= 15 is 0 Å². The predicted molar refractivity (Wildman–Crippen MR) is 65.2 cm³/mol. The summed E-state index contributed by atoms with van der Waals surface area (Å²) in [6.07, 6.45) is 5.57. The van der Waals surface area contributed by atoms with Gasteiger partial charge in [0.25, 0.3) is 0 Å². The molecule has 1 atom stereocenters. The van der Waals surface area contributed by atoms with Crippen LogP contribution in [0.3, 0.4) is 0 Å². The Morgan fingerprint density at radius 2 is 2.07 bits per heavy atom. The molecule has 0 aliphatic heterocycles. The summed E-state index contributed by atoms with van der Waals surface area (Å²) < 4.78 is 0. The third-order valence-corrected chi connectivity index (χ3v) is 3.28. The molecule has 1 N–H and O–H groups in total. The maximum absolute atomic E-state index is 4.48. The summed E-state index contributed by atoms with van der Waals surface area (Å²) in [4.78, 5) is 7.96. The average Bonchev–Trinajstić information content (AvgIpc) is 2.66. The van der Waals surface area contributed by atoms with Crippen molar-refractivity contribution in [1.82, 2.24) is 9.97 Å². The van der Waals surface area contributed by atoms with E-state index in [4.69, 9.17) is 0 Å². The molecule has 2 nitrogen and oxygen atoms in total. The number of nitrogens with one attached hydrogen (secondary N) is 1. The van der Waals surface area contributed by atoms with Gasteiger partial charge in [-0.05, 0) is 12.8 Å². The van der Waals surface area contributed by atoms with Crippen LogP contribution in [0.5, 0.6) is 0 Å². The van der Waals surface area contributed by atoms with Gasteiger partial charge in [0, 0.05) is 23.2 Å². The second kappa shape index (κ2) is 4.82. The van der Waals surface area contributed by atoms with Gasteiger partial charge >= 0.3 is 0 Å². The Kier molecular flexibility index (Phi) is 3.95. The second-order valence-electron chi connectivity index (χ2n) is 5.13. The van der Waals surface area contributed by atoms with Crippen LogP contribution in [0, 0.1) is 0 Å². The molecule has 1 rings (SSSR count). The smallest absolute Gasteiger partial charge is 0.109 e. The van der Waals surface area contributed by atoms with Crippen molar-refractivity contribution in [1.29, 1.82) is 0 Å². The fourth-order valence-corrected chi connectivity index (χ4v) is 1.88. The zero-order chi connectivity index (χ0) is 11.5. The first-order valence-corrected chi connectivity index (χ1v) is 6.06. The quantitative estimate of drug-likeness (QED) is 0.778. The molecule has 0 amide bonds. The van der Waals surface area contributed by atoms with Gasteiger partial charge < -0.3 is 4.98 Å². The fraction of sp³-hybridized carbons (Fsp3) is 0.769. The lowest BCUT2D eigenvalue weighted by atomic mass is 9.85. The van der Waals surface area contributed by atoms with E-state index in [2.05, 4.69) is 44.6 Å². The minimum absolute atomic E-state index is 0.230. The lowest BCUT2D eigenvalue weighted by Crippen LogP contribution is -2.17. The van der Waals surface area contributed by atoms with Crippen LogP contribution in [-0.4, -0.2) is 9.97 Å². The number of nitrogens with zero attached hydrogens (tertiary/aromatic N) is 1. The van der Waals surface area contributed by atoms with Gasteiger partial charge in [0.1, 0.15) is 5.82 Å². The zero-order valence-electron chi connectivity index (χ0n) is 10.7. The summed E-state index contributed by atoms with van der Waals surface area (Å²) in [5, 5.41) is 0. The van der Waals surface area contributed by atoms with E-state index < -0.39 is 0 Å². The summed E-state index contributed by atoms with van der Waals surface area (Å²) in [5.74, 6) is 1.67. The molecule has 0 radical (unpaired) electrons. The van der Waals surface area contributed by atoms with Crippen LogP contribution in [0.1, 0.15) is 71.3 Å². The Labute approximate surface area is 93.5 Å². The van der Waals surface area contributed by atoms with Crippen molar-refractivity contribution in [2.75, 3.05) is 0 Å². The highest BCUT2D eigenvalue weighted by atomic mass is 14.9. The van der Waals surface area contributed by atoms with Crippen LogP contribution in [0.4, 0.5) is 0 Å². The summed E-state index contributed by atoms with van der Waals surface area (Å²) in [6, 6.07) is 0. The molecular weight excluding hydrogens is 184 g/mol. The van der Waals surface area contributed by atoms with E-state index in [-0.39, 0.29) is 5.41 Å². The van der Waals surface area contributed by atoms with Crippen LogP contribution in [0.2, 0.25) is 0 Å². The van der Waals surface area contributed by atoms with Crippen LogP contribution in [0.25, 0.3) is 0 Å². The fourth-order valence-electron chi connectivity index (χ4n) is 1.88. The van der Waals surface area contributed by atoms with Gasteiger partial charge in [-0.1, -0.05) is 41.0 Å². The molecule has 1 heterocycles. The first kappa shape index (κ1) is 12.3. The largest absolute Gasteiger partial charge is 0.345 e. The van der Waals surface area contributed by atoms with E-state index in [1.165, 1.54) is 18.5 Å². The molecule has 0 saturated carbocycles. The number of hydrogen-bond acceptors (Lipinski definition) is 1. The summed E-state index contributed by atoms with van der Waals surface area (Å²) in [5.41, 5.74) is 1.51. The molecule has 0 bridgehead atoms. The monoisotopic (exact) mass is 208 g/mol. The third kappa shape index (κ3) is 2.83. The number of aromatic amines is 1. The molecular formula is C13H24N2. The van der Waals surface area contributed by atoms with E-state index in [1.807, 2.05) is 6.20 Å². The maximum Gasteiger partial charge on any atom is 0.109 e. The Morgan fingerprint density at radius 1 is 1.40 bits per heavy atom. The molecule has 0 fully saturated rings. The number of hydrogen-bond donors (Lipinski definition) is 1. The van der Waals surface area contributed by atoms with Gasteiger partial charge in [-0.25, -0.2) is 4.98 Å². The second-order valence-corrected chi connectivity index (χ2v) is 5.13. The maximum atomic E-state index is 4.48. The molecule has 2 heteroatoms. The van der Waals surface area contributed by atoms with Gasteiger partial charge in [-0.3, -0.25) is 0 Å². The van der Waals surface area contributed by atoms with E-state index in [1.54, 1.807) is 0 Å². The average molecular weight is 208 g/mol. The minimum Gasteiger partial charge on any atom is -0.345 e. The Bertz CT molecular complexity index is 299. The van der Waals surface area contributed by atoms with Gasteiger partial charge in [0.15, 0.2) is 0 Å². The molecule has 0 spiro atoms. The lowest BCUT2D eigenvalue weighted by Gasteiger charge is -2.22. The Hall–Kier alpha value is -0.790. The van der Waals surface area contributed by atoms with Crippen molar-refractivity contribution >= 4 is 0 Å². The molecule has 0 aliphatic rings. The molecule has 86 valence electrons. The van der Waals surface area contributed by atoms with E-state index in [9.17, 15) is 0 Å². The van der Waals surface area contributed by atoms with Gasteiger partial charge in [0.2, 0.25) is 0 Å². The number of H-pyrrole nitrogens is 1. The van der Waals surface area contributed by atoms with Gasteiger partial charge in [-0.2, -0.15) is 0 Å². The molecule has 0 saturated heterocycles. The summed E-state index contributed by atoms with van der Waals surface area (Å²) in [7, 11) is 0.